The predicted octanol–water partition coefficient (Wildman–Crippen LogP) is 2.18. The largest absolute Gasteiger partial charge is 0.394 e. The number of nitrogens with one attached hydrogen (secondary N) is 1. The van der Waals surface area contributed by atoms with Crippen molar-refractivity contribution in [2.24, 2.45) is 0 Å². The summed E-state index contributed by atoms with van der Waals surface area (Å²) in [4.78, 5) is 2.14. The lowest BCUT2D eigenvalue weighted by Gasteiger charge is -2.34. The Hall–Kier alpha value is -0.970. The van der Waals surface area contributed by atoms with E-state index in [9.17, 15) is 9.50 Å². The molecule has 0 fully saturated rings. The quantitative estimate of drug-likeness (QED) is 0.795. The minimum absolute atomic E-state index is 0.129. The molecule has 0 spiro atoms. The van der Waals surface area contributed by atoms with Gasteiger partial charge in [-0.1, -0.05) is 12.1 Å². The number of nitrogens with zero attached hydrogens (tertiary/aromatic N) is 1. The Morgan fingerprint density at radius 2 is 1.89 bits per heavy atom. The van der Waals surface area contributed by atoms with Gasteiger partial charge in [0.1, 0.15) is 5.82 Å². The van der Waals surface area contributed by atoms with Crippen molar-refractivity contribution in [3.63, 3.8) is 0 Å². The molecule has 0 heterocycles. The van der Waals surface area contributed by atoms with Crippen LogP contribution in [-0.4, -0.2) is 42.8 Å². The Morgan fingerprint density at radius 1 is 1.32 bits per heavy atom. The number of likely N-dealkylation sites (N-methyl/N-ethyl adjacent to an activating group) is 1. The van der Waals surface area contributed by atoms with E-state index in [-0.39, 0.29) is 24.0 Å². The van der Waals surface area contributed by atoms with Crippen LogP contribution >= 0.6 is 0 Å². The van der Waals surface area contributed by atoms with Gasteiger partial charge in [-0.05, 0) is 52.1 Å². The number of hydrogen-bond donors (Lipinski definition) is 2. The van der Waals surface area contributed by atoms with Gasteiger partial charge in [-0.3, -0.25) is 4.90 Å². The Bertz CT molecular complexity index is 378. The first-order valence-corrected chi connectivity index (χ1v) is 6.65. The summed E-state index contributed by atoms with van der Waals surface area (Å²) in [6, 6.07) is 6.79. The summed E-state index contributed by atoms with van der Waals surface area (Å²) in [6.45, 7) is 5.01. The van der Waals surface area contributed by atoms with E-state index in [2.05, 4.69) is 10.2 Å². The van der Waals surface area contributed by atoms with Crippen LogP contribution in [0.15, 0.2) is 24.3 Å². The summed E-state index contributed by atoms with van der Waals surface area (Å²) < 4.78 is 12.9. The molecule has 19 heavy (non-hydrogen) atoms. The minimum atomic E-state index is -0.221. The molecule has 108 valence electrons. The molecule has 3 nitrogen and oxygen atoms in total. The first-order valence-electron chi connectivity index (χ1n) is 6.65. The van der Waals surface area contributed by atoms with Crippen LogP contribution in [0.5, 0.6) is 0 Å². The second-order valence-corrected chi connectivity index (χ2v) is 5.57. The molecule has 1 atom stereocenters. The highest BCUT2D eigenvalue weighted by Gasteiger charge is 2.23. The molecule has 0 saturated carbocycles. The highest BCUT2D eigenvalue weighted by Crippen LogP contribution is 2.19. The molecule has 1 unspecified atom stereocenters. The zero-order valence-electron chi connectivity index (χ0n) is 12.3. The standard InChI is InChI=1S/C15H25FN2O/c1-15(2,11-19)18(4)10-9-14(17-3)12-5-7-13(16)8-6-12/h5-8,14,17,19H,9-11H2,1-4H3. The molecule has 4 heteroatoms. The van der Waals surface area contributed by atoms with Gasteiger partial charge in [0.2, 0.25) is 0 Å². The van der Waals surface area contributed by atoms with Crippen LogP contribution in [-0.2, 0) is 0 Å². The van der Waals surface area contributed by atoms with Gasteiger partial charge in [-0.15, -0.1) is 0 Å². The fourth-order valence-electron chi connectivity index (χ4n) is 1.92. The van der Waals surface area contributed by atoms with Crippen molar-refractivity contribution in [2.45, 2.75) is 31.8 Å². The molecule has 1 rings (SSSR count). The van der Waals surface area contributed by atoms with E-state index in [4.69, 9.17) is 0 Å². The number of halogens is 1. The van der Waals surface area contributed by atoms with E-state index in [1.54, 1.807) is 0 Å². The van der Waals surface area contributed by atoms with Crippen LogP contribution in [0.25, 0.3) is 0 Å². The second-order valence-electron chi connectivity index (χ2n) is 5.57. The number of benzene rings is 1. The summed E-state index contributed by atoms with van der Waals surface area (Å²) in [5.74, 6) is -0.211. The highest BCUT2D eigenvalue weighted by molar-refractivity contribution is 5.19. The molecule has 1 aromatic carbocycles. The smallest absolute Gasteiger partial charge is 0.123 e. The molecule has 0 saturated heterocycles. The van der Waals surface area contributed by atoms with Crippen molar-refractivity contribution in [1.29, 1.82) is 0 Å². The SMILES string of the molecule is CNC(CCN(C)C(C)(C)CO)c1ccc(F)cc1. The molecule has 2 N–H and O–H groups in total. The maximum Gasteiger partial charge on any atom is 0.123 e. The Balaban J connectivity index is 2.61. The average Bonchev–Trinajstić information content (AvgIpc) is 2.41. The summed E-state index contributed by atoms with van der Waals surface area (Å²) >= 11 is 0. The first kappa shape index (κ1) is 16.1. The van der Waals surface area contributed by atoms with E-state index in [1.807, 2.05) is 40.1 Å². The third kappa shape index (κ3) is 4.56. The molecule has 0 aliphatic rings. The van der Waals surface area contributed by atoms with E-state index >= 15 is 0 Å². The van der Waals surface area contributed by atoms with Crippen LogP contribution in [0.2, 0.25) is 0 Å². The van der Waals surface area contributed by atoms with E-state index < -0.39 is 0 Å². The van der Waals surface area contributed by atoms with E-state index in [0.29, 0.717) is 0 Å². The van der Waals surface area contributed by atoms with Crippen molar-refractivity contribution in [2.75, 3.05) is 27.2 Å². The predicted molar refractivity (Wildman–Crippen MR) is 76.6 cm³/mol. The molecule has 0 aliphatic carbocycles. The van der Waals surface area contributed by atoms with E-state index in [0.717, 1.165) is 18.5 Å². The van der Waals surface area contributed by atoms with Crippen LogP contribution in [0.3, 0.4) is 0 Å². The zero-order valence-corrected chi connectivity index (χ0v) is 12.3. The molecule has 1 aromatic rings. The summed E-state index contributed by atoms with van der Waals surface area (Å²) in [5, 5.41) is 12.6. The monoisotopic (exact) mass is 268 g/mol. The molecule has 0 aliphatic heterocycles. The van der Waals surface area contributed by atoms with Gasteiger partial charge < -0.3 is 10.4 Å². The van der Waals surface area contributed by atoms with Crippen molar-refractivity contribution < 1.29 is 9.50 Å². The molecular formula is C15H25FN2O. The first-order chi connectivity index (χ1) is 8.90. The van der Waals surface area contributed by atoms with Crippen LogP contribution in [0.1, 0.15) is 31.9 Å². The lowest BCUT2D eigenvalue weighted by Crippen LogP contribution is -2.45. The maximum atomic E-state index is 12.9. The van der Waals surface area contributed by atoms with Crippen LogP contribution < -0.4 is 5.32 Å². The normalized spacial score (nSPS) is 13.8. The van der Waals surface area contributed by atoms with Gasteiger partial charge in [-0.2, -0.15) is 0 Å². The van der Waals surface area contributed by atoms with Gasteiger partial charge in [-0.25, -0.2) is 4.39 Å². The number of hydrogen-bond acceptors (Lipinski definition) is 3. The third-order valence-electron chi connectivity index (χ3n) is 3.79. The van der Waals surface area contributed by atoms with Gasteiger partial charge in [0.25, 0.3) is 0 Å². The van der Waals surface area contributed by atoms with Crippen molar-refractivity contribution >= 4 is 0 Å². The van der Waals surface area contributed by atoms with Gasteiger partial charge in [0, 0.05) is 18.1 Å². The fourth-order valence-corrected chi connectivity index (χ4v) is 1.92. The summed E-state index contributed by atoms with van der Waals surface area (Å²) in [6.07, 6.45) is 0.905. The Labute approximate surface area is 115 Å². The number of aliphatic hydroxyl groups is 1. The molecule has 0 bridgehead atoms. The van der Waals surface area contributed by atoms with Crippen molar-refractivity contribution in [1.82, 2.24) is 10.2 Å². The molecule has 0 amide bonds. The summed E-state index contributed by atoms with van der Waals surface area (Å²) in [7, 11) is 3.92. The van der Waals surface area contributed by atoms with Crippen LogP contribution in [0, 0.1) is 5.82 Å². The average molecular weight is 268 g/mol. The summed E-state index contributed by atoms with van der Waals surface area (Å²) in [5.41, 5.74) is 0.861. The third-order valence-corrected chi connectivity index (χ3v) is 3.79. The number of aliphatic hydroxyl groups excluding tert-OH is 1. The molecular weight excluding hydrogens is 243 g/mol. The van der Waals surface area contributed by atoms with Gasteiger partial charge in [0.15, 0.2) is 0 Å². The zero-order chi connectivity index (χ0) is 14.5. The van der Waals surface area contributed by atoms with E-state index in [1.165, 1.54) is 12.1 Å². The second kappa shape index (κ2) is 6.98. The maximum absolute atomic E-state index is 12.9. The topological polar surface area (TPSA) is 35.5 Å². The lowest BCUT2D eigenvalue weighted by atomic mass is 10.0. The van der Waals surface area contributed by atoms with Crippen LogP contribution in [0.4, 0.5) is 4.39 Å². The minimum Gasteiger partial charge on any atom is -0.394 e. The van der Waals surface area contributed by atoms with Gasteiger partial charge >= 0.3 is 0 Å². The van der Waals surface area contributed by atoms with Crippen molar-refractivity contribution in [3.05, 3.63) is 35.6 Å². The molecule has 0 radical (unpaired) electrons. The highest BCUT2D eigenvalue weighted by atomic mass is 19.1. The van der Waals surface area contributed by atoms with Crippen molar-refractivity contribution in [3.8, 4) is 0 Å². The Morgan fingerprint density at radius 3 is 2.37 bits per heavy atom. The number of rotatable bonds is 7. The fraction of sp³-hybridized carbons (Fsp3) is 0.600. The van der Waals surface area contributed by atoms with Gasteiger partial charge in [0.05, 0.1) is 6.61 Å². The Kier molecular flexibility index (Phi) is 5.91. The molecule has 0 aromatic heterocycles. The lowest BCUT2D eigenvalue weighted by molar-refractivity contribution is 0.0760.